The number of nitrogens with two attached hydrogens (primary N) is 4. The number of piperidine rings is 2. The standard InChI is InChI=1S/C19H36N10/c20-12-6-13(21)9-28(8-12)18-25-17(24-16-4-2-1-3-5-16)26-19(27-18)29-10-14(22)7-15(23)11-29/h12-16H,1-11,20-23H2,(H,24,25,26,27)/t12-,13+,14-,15+. The topological polar surface area (TPSA) is 161 Å². The van der Waals surface area contributed by atoms with E-state index in [0.717, 1.165) is 25.7 Å². The van der Waals surface area contributed by atoms with Crippen LogP contribution in [0.1, 0.15) is 44.9 Å². The van der Waals surface area contributed by atoms with Crippen molar-refractivity contribution in [2.45, 2.75) is 75.2 Å². The van der Waals surface area contributed by atoms with Gasteiger partial charge in [-0.05, 0) is 25.7 Å². The molecular weight excluding hydrogens is 368 g/mol. The van der Waals surface area contributed by atoms with Crippen LogP contribution in [-0.2, 0) is 0 Å². The largest absolute Gasteiger partial charge is 0.351 e. The van der Waals surface area contributed by atoms with E-state index in [1.807, 2.05) is 0 Å². The van der Waals surface area contributed by atoms with Crippen LogP contribution in [0.2, 0.25) is 0 Å². The lowest BCUT2D eigenvalue weighted by atomic mass is 9.96. The zero-order valence-corrected chi connectivity index (χ0v) is 17.2. The highest BCUT2D eigenvalue weighted by molar-refractivity contribution is 5.47. The van der Waals surface area contributed by atoms with Gasteiger partial charge in [0.25, 0.3) is 0 Å². The minimum absolute atomic E-state index is 0.0190. The van der Waals surface area contributed by atoms with Crippen molar-refractivity contribution in [3.63, 3.8) is 0 Å². The van der Waals surface area contributed by atoms with Gasteiger partial charge < -0.3 is 38.1 Å². The molecular formula is C19H36N10. The maximum Gasteiger partial charge on any atom is 0.232 e. The number of aromatic nitrogens is 3. The fraction of sp³-hybridized carbons (Fsp3) is 0.842. The van der Waals surface area contributed by atoms with Gasteiger partial charge in [-0.1, -0.05) is 19.3 Å². The Bertz CT molecular complexity index is 615. The van der Waals surface area contributed by atoms with E-state index in [2.05, 4.69) is 15.1 Å². The van der Waals surface area contributed by atoms with Crippen molar-refractivity contribution >= 4 is 17.8 Å². The van der Waals surface area contributed by atoms with E-state index in [1.54, 1.807) is 0 Å². The average Bonchev–Trinajstić information content (AvgIpc) is 2.67. The number of hydrogen-bond acceptors (Lipinski definition) is 10. The highest BCUT2D eigenvalue weighted by atomic mass is 15.4. The van der Waals surface area contributed by atoms with E-state index < -0.39 is 0 Å². The van der Waals surface area contributed by atoms with Gasteiger partial charge in [0.2, 0.25) is 17.8 Å². The molecule has 162 valence electrons. The van der Waals surface area contributed by atoms with Gasteiger partial charge >= 0.3 is 0 Å². The van der Waals surface area contributed by atoms with Crippen LogP contribution in [0.4, 0.5) is 17.8 Å². The molecule has 0 unspecified atom stereocenters. The molecule has 0 amide bonds. The highest BCUT2D eigenvalue weighted by Crippen LogP contribution is 2.25. The van der Waals surface area contributed by atoms with Gasteiger partial charge in [-0.25, -0.2) is 0 Å². The molecule has 1 aromatic heterocycles. The molecule has 4 rings (SSSR count). The maximum atomic E-state index is 6.21. The second kappa shape index (κ2) is 8.95. The zero-order valence-electron chi connectivity index (χ0n) is 17.2. The van der Waals surface area contributed by atoms with Crippen molar-refractivity contribution in [1.29, 1.82) is 0 Å². The van der Waals surface area contributed by atoms with Gasteiger partial charge in [-0.2, -0.15) is 15.0 Å². The first-order valence-electron chi connectivity index (χ1n) is 11.0. The van der Waals surface area contributed by atoms with Crippen molar-refractivity contribution in [2.24, 2.45) is 22.9 Å². The van der Waals surface area contributed by atoms with Crippen LogP contribution in [0.3, 0.4) is 0 Å². The predicted molar refractivity (Wildman–Crippen MR) is 116 cm³/mol. The number of nitrogens with zero attached hydrogens (tertiary/aromatic N) is 5. The van der Waals surface area contributed by atoms with E-state index in [9.17, 15) is 0 Å². The normalized spacial score (nSPS) is 31.7. The lowest BCUT2D eigenvalue weighted by Gasteiger charge is -2.37. The number of anilines is 3. The fourth-order valence-electron chi connectivity index (χ4n) is 4.81. The van der Waals surface area contributed by atoms with Gasteiger partial charge in [0.05, 0.1) is 0 Å². The molecule has 3 heterocycles. The Labute approximate surface area is 172 Å². The third kappa shape index (κ3) is 5.25. The molecule has 0 bridgehead atoms. The minimum Gasteiger partial charge on any atom is -0.351 e. The Morgan fingerprint density at radius 1 is 0.655 bits per heavy atom. The summed E-state index contributed by atoms with van der Waals surface area (Å²) in [4.78, 5) is 18.4. The molecule has 0 spiro atoms. The van der Waals surface area contributed by atoms with E-state index in [1.165, 1.54) is 19.3 Å². The molecule has 0 radical (unpaired) electrons. The van der Waals surface area contributed by atoms with E-state index in [-0.39, 0.29) is 24.2 Å². The van der Waals surface area contributed by atoms with Gasteiger partial charge in [-0.15, -0.1) is 0 Å². The monoisotopic (exact) mass is 404 g/mol. The Morgan fingerprint density at radius 2 is 1.10 bits per heavy atom. The van der Waals surface area contributed by atoms with Gasteiger partial charge in [0.1, 0.15) is 0 Å². The maximum absolute atomic E-state index is 6.21. The first-order valence-corrected chi connectivity index (χ1v) is 11.0. The van der Waals surface area contributed by atoms with Gasteiger partial charge in [-0.3, -0.25) is 0 Å². The average molecular weight is 405 g/mol. The molecule has 2 saturated heterocycles. The molecule has 1 aliphatic carbocycles. The van der Waals surface area contributed by atoms with Crippen molar-refractivity contribution in [3.05, 3.63) is 0 Å². The van der Waals surface area contributed by atoms with Crippen LogP contribution in [0.15, 0.2) is 0 Å². The van der Waals surface area contributed by atoms with Gasteiger partial charge in [0.15, 0.2) is 0 Å². The summed E-state index contributed by atoms with van der Waals surface area (Å²) in [5, 5.41) is 3.54. The summed E-state index contributed by atoms with van der Waals surface area (Å²) in [6.07, 6.45) is 7.72. The third-order valence-electron chi connectivity index (χ3n) is 6.15. The molecule has 4 atom stereocenters. The molecule has 1 aromatic rings. The summed E-state index contributed by atoms with van der Waals surface area (Å²) in [5.41, 5.74) is 24.8. The van der Waals surface area contributed by atoms with Crippen LogP contribution >= 0.6 is 0 Å². The second-order valence-electron chi connectivity index (χ2n) is 9.06. The highest BCUT2D eigenvalue weighted by Gasteiger charge is 2.29. The molecule has 10 heteroatoms. The zero-order chi connectivity index (χ0) is 20.4. The van der Waals surface area contributed by atoms with Crippen molar-refractivity contribution in [2.75, 3.05) is 41.3 Å². The molecule has 3 aliphatic rings. The summed E-state index contributed by atoms with van der Waals surface area (Å²) >= 11 is 0. The quantitative estimate of drug-likeness (QED) is 0.436. The van der Waals surface area contributed by atoms with E-state index in [0.29, 0.717) is 50.1 Å². The number of nitrogens with one attached hydrogen (secondary N) is 1. The summed E-state index contributed by atoms with van der Waals surface area (Å²) in [5.74, 6) is 1.88. The van der Waals surface area contributed by atoms with Crippen LogP contribution < -0.4 is 38.1 Å². The molecule has 2 aliphatic heterocycles. The number of hydrogen-bond donors (Lipinski definition) is 5. The van der Waals surface area contributed by atoms with E-state index >= 15 is 0 Å². The Kier molecular flexibility index (Phi) is 6.33. The van der Waals surface area contributed by atoms with Crippen LogP contribution in [-0.4, -0.2) is 71.3 Å². The van der Waals surface area contributed by atoms with Crippen molar-refractivity contribution in [3.8, 4) is 0 Å². The predicted octanol–water partition coefficient (Wildman–Crippen LogP) is -0.654. The van der Waals surface area contributed by atoms with Crippen LogP contribution in [0.5, 0.6) is 0 Å². The Hall–Kier alpha value is -1.75. The summed E-state index contributed by atoms with van der Waals surface area (Å²) in [6.45, 7) is 2.77. The molecule has 10 nitrogen and oxygen atoms in total. The second-order valence-corrected chi connectivity index (χ2v) is 9.06. The molecule has 0 aromatic carbocycles. The molecule has 3 fully saturated rings. The molecule has 1 saturated carbocycles. The van der Waals surface area contributed by atoms with Gasteiger partial charge in [0, 0.05) is 56.4 Å². The lowest BCUT2D eigenvalue weighted by Crippen LogP contribution is -2.54. The Balaban J connectivity index is 1.61. The summed E-state index contributed by atoms with van der Waals surface area (Å²) in [6, 6.07) is 0.482. The summed E-state index contributed by atoms with van der Waals surface area (Å²) in [7, 11) is 0. The SMILES string of the molecule is N[C@@H]1C[C@H](N)CN(c2nc(NC3CCCCC3)nc(N3C[C@H](N)C[C@H](N)C3)n2)C1. The first kappa shape index (κ1) is 20.5. The van der Waals surface area contributed by atoms with Crippen LogP contribution in [0, 0.1) is 0 Å². The first-order chi connectivity index (χ1) is 14.0. The summed E-state index contributed by atoms with van der Waals surface area (Å²) < 4.78 is 0. The minimum atomic E-state index is 0.0190. The van der Waals surface area contributed by atoms with Crippen molar-refractivity contribution in [1.82, 2.24) is 15.0 Å². The third-order valence-corrected chi connectivity index (χ3v) is 6.15. The molecule has 29 heavy (non-hydrogen) atoms. The smallest absolute Gasteiger partial charge is 0.232 e. The number of rotatable bonds is 4. The Morgan fingerprint density at radius 3 is 1.55 bits per heavy atom. The van der Waals surface area contributed by atoms with Crippen molar-refractivity contribution < 1.29 is 0 Å². The van der Waals surface area contributed by atoms with Crippen LogP contribution in [0.25, 0.3) is 0 Å². The lowest BCUT2D eigenvalue weighted by molar-refractivity contribution is 0.440. The molecule has 9 N–H and O–H groups in total. The van der Waals surface area contributed by atoms with E-state index in [4.69, 9.17) is 37.9 Å². The fourth-order valence-corrected chi connectivity index (χ4v) is 4.81.